The first-order chi connectivity index (χ1) is 9.58. The zero-order valence-corrected chi connectivity index (χ0v) is 11.2. The number of rotatable bonds is 6. The molecule has 2 rings (SSSR count). The van der Waals surface area contributed by atoms with Gasteiger partial charge < -0.3 is 9.88 Å². The predicted molar refractivity (Wildman–Crippen MR) is 74.0 cm³/mol. The monoisotopic (exact) mass is 277 g/mol. The topological polar surface area (TPSA) is 60.1 Å². The Balaban J connectivity index is 2.13. The normalized spacial score (nSPS) is 10.7. The molecule has 0 aliphatic heterocycles. The van der Waals surface area contributed by atoms with Crippen molar-refractivity contribution in [2.24, 2.45) is 0 Å². The highest BCUT2D eigenvalue weighted by Gasteiger charge is 2.10. The maximum Gasteiger partial charge on any atom is 0.272 e. The van der Waals surface area contributed by atoms with E-state index in [0.717, 1.165) is 24.7 Å². The third-order valence-electron chi connectivity index (χ3n) is 2.91. The number of non-ortho nitro benzene ring substituents is 1. The van der Waals surface area contributed by atoms with Crippen molar-refractivity contribution in [3.63, 3.8) is 0 Å². The first-order valence-electron chi connectivity index (χ1n) is 6.37. The number of nitrogens with one attached hydrogen (secondary N) is 1. The molecule has 1 aromatic carbocycles. The summed E-state index contributed by atoms with van der Waals surface area (Å²) in [5.41, 5.74) is 1.47. The van der Waals surface area contributed by atoms with Gasteiger partial charge in [0.15, 0.2) is 0 Å². The lowest BCUT2D eigenvalue weighted by Gasteiger charge is -2.04. The summed E-state index contributed by atoms with van der Waals surface area (Å²) in [6.07, 6.45) is 3.82. The van der Waals surface area contributed by atoms with Gasteiger partial charge in [0.2, 0.25) is 0 Å². The molecule has 0 aliphatic carbocycles. The Labute approximate surface area is 116 Å². The van der Waals surface area contributed by atoms with Crippen LogP contribution in [0.5, 0.6) is 0 Å². The molecule has 0 bridgehead atoms. The van der Waals surface area contributed by atoms with Gasteiger partial charge in [0.1, 0.15) is 5.82 Å². The van der Waals surface area contributed by atoms with E-state index in [1.165, 1.54) is 12.1 Å². The van der Waals surface area contributed by atoms with Crippen LogP contribution in [0.2, 0.25) is 0 Å². The molecule has 0 atom stereocenters. The molecule has 106 valence electrons. The molecule has 0 unspecified atom stereocenters. The molecule has 0 saturated carbocycles. The average molecular weight is 277 g/mol. The summed E-state index contributed by atoms with van der Waals surface area (Å²) in [6.45, 7) is 4.10. The maximum atomic E-state index is 13.3. The number of aromatic nitrogens is 1. The molecule has 6 heteroatoms. The van der Waals surface area contributed by atoms with Crippen LogP contribution in [-0.2, 0) is 13.1 Å². The van der Waals surface area contributed by atoms with E-state index in [9.17, 15) is 14.5 Å². The van der Waals surface area contributed by atoms with Gasteiger partial charge in [0.05, 0.1) is 11.0 Å². The van der Waals surface area contributed by atoms with Crippen LogP contribution >= 0.6 is 0 Å². The van der Waals surface area contributed by atoms with Crippen molar-refractivity contribution < 1.29 is 9.31 Å². The zero-order chi connectivity index (χ0) is 14.5. The summed E-state index contributed by atoms with van der Waals surface area (Å²) < 4.78 is 15.2. The van der Waals surface area contributed by atoms with Gasteiger partial charge in [-0.1, -0.05) is 6.92 Å². The van der Waals surface area contributed by atoms with Gasteiger partial charge in [-0.2, -0.15) is 0 Å². The third-order valence-corrected chi connectivity index (χ3v) is 2.91. The number of benzene rings is 1. The standard InChI is InChI=1S/C14H16FN3O2/c1-2-16-8-11-3-4-17(9-11)10-12-5-13(15)7-14(6-12)18(19)20/h3-7,9,16H,2,8,10H2,1H3. The zero-order valence-electron chi connectivity index (χ0n) is 11.2. The summed E-state index contributed by atoms with van der Waals surface area (Å²) in [4.78, 5) is 10.1. The third kappa shape index (κ3) is 3.64. The number of halogens is 1. The fourth-order valence-electron chi connectivity index (χ4n) is 2.00. The smallest absolute Gasteiger partial charge is 0.272 e. The lowest BCUT2D eigenvalue weighted by Crippen LogP contribution is -2.11. The Hall–Kier alpha value is -2.21. The molecule has 0 fully saturated rings. The molecule has 0 spiro atoms. The van der Waals surface area contributed by atoms with E-state index >= 15 is 0 Å². The Morgan fingerprint density at radius 3 is 2.85 bits per heavy atom. The second-order valence-corrected chi connectivity index (χ2v) is 4.55. The van der Waals surface area contributed by atoms with E-state index in [0.29, 0.717) is 12.1 Å². The Bertz CT molecular complexity index is 610. The van der Waals surface area contributed by atoms with Crippen LogP contribution in [0.25, 0.3) is 0 Å². The van der Waals surface area contributed by atoms with Gasteiger partial charge in [-0.05, 0) is 29.8 Å². The highest BCUT2D eigenvalue weighted by molar-refractivity contribution is 5.35. The lowest BCUT2D eigenvalue weighted by molar-refractivity contribution is -0.385. The van der Waals surface area contributed by atoms with Crippen LogP contribution in [0, 0.1) is 15.9 Å². The van der Waals surface area contributed by atoms with Crippen LogP contribution in [0.15, 0.2) is 36.7 Å². The fourth-order valence-corrected chi connectivity index (χ4v) is 2.00. The van der Waals surface area contributed by atoms with Gasteiger partial charge in [0, 0.05) is 31.5 Å². The number of nitrogens with zero attached hydrogens (tertiary/aromatic N) is 2. The van der Waals surface area contributed by atoms with Gasteiger partial charge >= 0.3 is 0 Å². The Morgan fingerprint density at radius 2 is 2.15 bits per heavy atom. The van der Waals surface area contributed by atoms with E-state index < -0.39 is 10.7 Å². The van der Waals surface area contributed by atoms with Crippen LogP contribution < -0.4 is 5.32 Å². The molecule has 1 heterocycles. The minimum Gasteiger partial charge on any atom is -0.350 e. The molecule has 0 aliphatic rings. The highest BCUT2D eigenvalue weighted by atomic mass is 19.1. The van der Waals surface area contributed by atoms with Crippen molar-refractivity contribution in [1.82, 2.24) is 9.88 Å². The largest absolute Gasteiger partial charge is 0.350 e. The average Bonchev–Trinajstić information content (AvgIpc) is 2.83. The van der Waals surface area contributed by atoms with Crippen molar-refractivity contribution in [3.05, 3.63) is 63.7 Å². The number of hydrogen-bond acceptors (Lipinski definition) is 3. The van der Waals surface area contributed by atoms with Gasteiger partial charge in [-0.15, -0.1) is 0 Å². The maximum absolute atomic E-state index is 13.3. The molecule has 0 radical (unpaired) electrons. The molecule has 5 nitrogen and oxygen atoms in total. The predicted octanol–water partition coefficient (Wildman–Crippen LogP) is 2.69. The minimum absolute atomic E-state index is 0.222. The molecule has 2 aromatic rings. The first kappa shape index (κ1) is 14.2. The summed E-state index contributed by atoms with van der Waals surface area (Å²) in [5, 5.41) is 13.9. The van der Waals surface area contributed by atoms with E-state index in [2.05, 4.69) is 5.32 Å². The highest BCUT2D eigenvalue weighted by Crippen LogP contribution is 2.17. The van der Waals surface area contributed by atoms with E-state index in [1.807, 2.05) is 30.0 Å². The van der Waals surface area contributed by atoms with Crippen molar-refractivity contribution >= 4 is 5.69 Å². The molecule has 1 aromatic heterocycles. The van der Waals surface area contributed by atoms with Crippen molar-refractivity contribution in [2.75, 3.05) is 6.54 Å². The Kier molecular flexibility index (Phi) is 4.47. The van der Waals surface area contributed by atoms with Gasteiger partial charge in [-0.3, -0.25) is 10.1 Å². The first-order valence-corrected chi connectivity index (χ1v) is 6.37. The molecular formula is C14H16FN3O2. The molecule has 1 N–H and O–H groups in total. The van der Waals surface area contributed by atoms with Gasteiger partial charge in [0.25, 0.3) is 5.69 Å². The summed E-state index contributed by atoms with van der Waals surface area (Å²) in [7, 11) is 0. The fraction of sp³-hybridized carbons (Fsp3) is 0.286. The molecule has 0 saturated heterocycles. The van der Waals surface area contributed by atoms with E-state index in [4.69, 9.17) is 0 Å². The van der Waals surface area contributed by atoms with Crippen molar-refractivity contribution in [3.8, 4) is 0 Å². The summed E-state index contributed by atoms with van der Waals surface area (Å²) in [5.74, 6) is -0.589. The van der Waals surface area contributed by atoms with Crippen LogP contribution in [-0.4, -0.2) is 16.0 Å². The SMILES string of the molecule is CCNCc1ccn(Cc2cc(F)cc([N+](=O)[O-])c2)c1. The van der Waals surface area contributed by atoms with Gasteiger partial charge in [-0.25, -0.2) is 4.39 Å². The van der Waals surface area contributed by atoms with Crippen LogP contribution in [0.3, 0.4) is 0 Å². The quantitative estimate of drug-likeness (QED) is 0.652. The minimum atomic E-state index is -0.589. The molecule has 20 heavy (non-hydrogen) atoms. The summed E-state index contributed by atoms with van der Waals surface area (Å²) in [6, 6.07) is 5.61. The van der Waals surface area contributed by atoms with Crippen LogP contribution in [0.1, 0.15) is 18.1 Å². The summed E-state index contributed by atoms with van der Waals surface area (Å²) >= 11 is 0. The van der Waals surface area contributed by atoms with Crippen molar-refractivity contribution in [2.45, 2.75) is 20.0 Å². The molecule has 0 amide bonds. The lowest BCUT2D eigenvalue weighted by atomic mass is 10.2. The van der Waals surface area contributed by atoms with E-state index in [-0.39, 0.29) is 5.69 Å². The van der Waals surface area contributed by atoms with E-state index in [1.54, 1.807) is 0 Å². The molecular weight excluding hydrogens is 261 g/mol. The Morgan fingerprint density at radius 1 is 1.35 bits per heavy atom. The van der Waals surface area contributed by atoms with Crippen molar-refractivity contribution in [1.29, 1.82) is 0 Å². The number of nitro groups is 1. The second kappa shape index (κ2) is 6.29. The van der Waals surface area contributed by atoms with Crippen LogP contribution in [0.4, 0.5) is 10.1 Å². The number of hydrogen-bond donors (Lipinski definition) is 1. The number of nitro benzene ring substituents is 1. The second-order valence-electron chi connectivity index (χ2n) is 4.55.